The summed E-state index contributed by atoms with van der Waals surface area (Å²) < 4.78 is 6.84. The highest BCUT2D eigenvalue weighted by molar-refractivity contribution is 5.93. The zero-order chi connectivity index (χ0) is 11.0. The molecule has 0 saturated heterocycles. The van der Waals surface area contributed by atoms with E-state index in [0.717, 1.165) is 22.3 Å². The zero-order valence-electron chi connectivity index (χ0n) is 9.07. The summed E-state index contributed by atoms with van der Waals surface area (Å²) in [4.78, 5) is 11.4. The Morgan fingerprint density at radius 3 is 2.67 bits per heavy atom. The first kappa shape index (κ1) is 9.77. The highest BCUT2D eigenvalue weighted by atomic mass is 16.5. The van der Waals surface area contributed by atoms with E-state index < -0.39 is 0 Å². The van der Waals surface area contributed by atoms with E-state index in [2.05, 4.69) is 0 Å². The minimum atomic E-state index is 0.0349. The molecule has 3 nitrogen and oxygen atoms in total. The molecule has 0 bridgehead atoms. The number of nitrogens with zero attached hydrogens (tertiary/aromatic N) is 1. The summed E-state index contributed by atoms with van der Waals surface area (Å²) in [5.74, 6) is 0.843. The Morgan fingerprint density at radius 1 is 1.33 bits per heavy atom. The summed E-state index contributed by atoms with van der Waals surface area (Å²) >= 11 is 0. The van der Waals surface area contributed by atoms with Crippen LogP contribution < -0.4 is 4.74 Å². The number of carbonyl (C=O) groups is 1. The van der Waals surface area contributed by atoms with Gasteiger partial charge in [-0.2, -0.15) is 0 Å². The number of ether oxygens (including phenoxy) is 1. The number of aromatic nitrogens is 1. The fourth-order valence-corrected chi connectivity index (χ4v) is 1.88. The van der Waals surface area contributed by atoms with Crippen molar-refractivity contribution in [2.45, 2.75) is 13.8 Å². The van der Waals surface area contributed by atoms with Crippen molar-refractivity contribution in [3.8, 4) is 5.75 Å². The van der Waals surface area contributed by atoms with Crippen LogP contribution in [0, 0.1) is 6.92 Å². The van der Waals surface area contributed by atoms with Gasteiger partial charge in [0.1, 0.15) is 5.75 Å². The van der Waals surface area contributed by atoms with Crippen LogP contribution in [0.2, 0.25) is 0 Å². The molecular formula is C12H13NO2. The second-order valence-corrected chi connectivity index (χ2v) is 3.56. The molecule has 0 atom stereocenters. The molecule has 3 heteroatoms. The Labute approximate surface area is 88.3 Å². The third-order valence-corrected chi connectivity index (χ3v) is 2.51. The van der Waals surface area contributed by atoms with E-state index in [9.17, 15) is 4.79 Å². The van der Waals surface area contributed by atoms with Crippen molar-refractivity contribution >= 4 is 16.8 Å². The largest absolute Gasteiger partial charge is 0.497 e. The number of hydrogen-bond donors (Lipinski definition) is 0. The standard InChI is InChI=1S/C12H13NO2/c1-8-6-10-7-11(15-3)4-5-12(10)13(8)9(2)14/h4-7H,1-3H3. The number of rotatable bonds is 1. The molecule has 0 aliphatic heterocycles. The van der Waals surface area contributed by atoms with Gasteiger partial charge in [0.15, 0.2) is 0 Å². The van der Waals surface area contributed by atoms with Gasteiger partial charge in [-0.3, -0.25) is 9.36 Å². The third kappa shape index (κ3) is 1.50. The minimum absolute atomic E-state index is 0.0349. The summed E-state index contributed by atoms with van der Waals surface area (Å²) in [5, 5.41) is 1.03. The van der Waals surface area contributed by atoms with Crippen molar-refractivity contribution in [1.82, 2.24) is 4.57 Å². The lowest BCUT2D eigenvalue weighted by molar-refractivity contribution is 0.0940. The molecule has 1 aromatic carbocycles. The molecule has 0 unspecified atom stereocenters. The fraction of sp³-hybridized carbons (Fsp3) is 0.250. The molecule has 0 amide bonds. The zero-order valence-corrected chi connectivity index (χ0v) is 9.07. The molecule has 1 aromatic heterocycles. The van der Waals surface area contributed by atoms with Crippen LogP contribution in [0.25, 0.3) is 10.9 Å². The first-order chi connectivity index (χ1) is 7.13. The van der Waals surface area contributed by atoms with Gasteiger partial charge in [-0.05, 0) is 31.2 Å². The van der Waals surface area contributed by atoms with Crippen LogP contribution in [-0.4, -0.2) is 17.6 Å². The summed E-state index contributed by atoms with van der Waals surface area (Å²) in [5.41, 5.74) is 1.88. The number of aryl methyl sites for hydroxylation is 1. The van der Waals surface area contributed by atoms with Crippen LogP contribution in [-0.2, 0) is 0 Å². The van der Waals surface area contributed by atoms with Crippen LogP contribution >= 0.6 is 0 Å². The molecular weight excluding hydrogens is 190 g/mol. The molecule has 0 fully saturated rings. The first-order valence-electron chi connectivity index (χ1n) is 4.80. The molecule has 0 aliphatic carbocycles. The van der Waals surface area contributed by atoms with Gasteiger partial charge in [-0.15, -0.1) is 0 Å². The van der Waals surface area contributed by atoms with E-state index in [1.165, 1.54) is 0 Å². The molecule has 2 aromatic rings. The maximum Gasteiger partial charge on any atom is 0.228 e. The number of hydrogen-bond acceptors (Lipinski definition) is 2. The van der Waals surface area contributed by atoms with Gasteiger partial charge in [0, 0.05) is 18.0 Å². The summed E-state index contributed by atoms with van der Waals surface area (Å²) in [6.07, 6.45) is 0. The Morgan fingerprint density at radius 2 is 2.07 bits per heavy atom. The monoisotopic (exact) mass is 203 g/mol. The van der Waals surface area contributed by atoms with E-state index in [0.29, 0.717) is 0 Å². The molecule has 1 heterocycles. The molecule has 0 radical (unpaired) electrons. The minimum Gasteiger partial charge on any atom is -0.497 e. The predicted octanol–water partition coefficient (Wildman–Crippen LogP) is 2.62. The number of carbonyl (C=O) groups excluding carboxylic acids is 1. The fourth-order valence-electron chi connectivity index (χ4n) is 1.88. The van der Waals surface area contributed by atoms with E-state index >= 15 is 0 Å². The molecule has 2 rings (SSSR count). The highest BCUT2D eigenvalue weighted by Gasteiger charge is 2.09. The highest BCUT2D eigenvalue weighted by Crippen LogP contribution is 2.24. The van der Waals surface area contributed by atoms with Gasteiger partial charge in [0.05, 0.1) is 12.6 Å². The Kier molecular flexibility index (Phi) is 2.23. The summed E-state index contributed by atoms with van der Waals surface area (Å²) in [6.45, 7) is 3.49. The first-order valence-corrected chi connectivity index (χ1v) is 4.80. The number of benzene rings is 1. The average molecular weight is 203 g/mol. The Bertz CT molecular complexity index is 526. The lowest BCUT2D eigenvalue weighted by atomic mass is 10.2. The normalized spacial score (nSPS) is 10.6. The summed E-state index contributed by atoms with van der Waals surface area (Å²) in [7, 11) is 1.63. The number of fused-ring (bicyclic) bond motifs is 1. The topological polar surface area (TPSA) is 31.2 Å². The smallest absolute Gasteiger partial charge is 0.228 e. The van der Waals surface area contributed by atoms with Crippen LogP contribution in [0.5, 0.6) is 5.75 Å². The second-order valence-electron chi connectivity index (χ2n) is 3.56. The quantitative estimate of drug-likeness (QED) is 0.713. The van der Waals surface area contributed by atoms with Crippen molar-refractivity contribution < 1.29 is 9.53 Å². The SMILES string of the molecule is COc1ccc2c(c1)cc(C)n2C(C)=O. The van der Waals surface area contributed by atoms with E-state index in [1.54, 1.807) is 18.6 Å². The van der Waals surface area contributed by atoms with Gasteiger partial charge in [-0.25, -0.2) is 0 Å². The Balaban J connectivity index is 2.74. The van der Waals surface area contributed by atoms with Crippen LogP contribution in [0.4, 0.5) is 0 Å². The van der Waals surface area contributed by atoms with Gasteiger partial charge in [-0.1, -0.05) is 0 Å². The number of methoxy groups -OCH3 is 1. The maximum absolute atomic E-state index is 11.4. The van der Waals surface area contributed by atoms with Gasteiger partial charge in [0.25, 0.3) is 0 Å². The van der Waals surface area contributed by atoms with Crippen LogP contribution in [0.1, 0.15) is 17.4 Å². The van der Waals surface area contributed by atoms with Gasteiger partial charge >= 0.3 is 0 Å². The third-order valence-electron chi connectivity index (χ3n) is 2.51. The van der Waals surface area contributed by atoms with Crippen molar-refractivity contribution in [1.29, 1.82) is 0 Å². The van der Waals surface area contributed by atoms with E-state index in [4.69, 9.17) is 4.74 Å². The van der Waals surface area contributed by atoms with Crippen LogP contribution in [0.3, 0.4) is 0 Å². The van der Waals surface area contributed by atoms with Gasteiger partial charge in [0.2, 0.25) is 5.91 Å². The predicted molar refractivity (Wildman–Crippen MR) is 59.5 cm³/mol. The molecule has 78 valence electrons. The Hall–Kier alpha value is -1.77. The summed E-state index contributed by atoms with van der Waals surface area (Å²) in [6, 6.07) is 7.69. The molecule has 0 spiro atoms. The molecule has 15 heavy (non-hydrogen) atoms. The molecule has 0 aliphatic rings. The van der Waals surface area contributed by atoms with E-state index in [-0.39, 0.29) is 5.91 Å². The van der Waals surface area contributed by atoms with Gasteiger partial charge < -0.3 is 4.74 Å². The maximum atomic E-state index is 11.4. The lowest BCUT2D eigenvalue weighted by Gasteiger charge is -2.03. The van der Waals surface area contributed by atoms with Crippen molar-refractivity contribution in [3.05, 3.63) is 30.0 Å². The average Bonchev–Trinajstić information content (AvgIpc) is 2.52. The van der Waals surface area contributed by atoms with Crippen molar-refractivity contribution in [2.24, 2.45) is 0 Å². The second kappa shape index (κ2) is 3.42. The van der Waals surface area contributed by atoms with Crippen molar-refractivity contribution in [2.75, 3.05) is 7.11 Å². The molecule has 0 N–H and O–H groups in total. The molecule has 0 saturated carbocycles. The van der Waals surface area contributed by atoms with Crippen LogP contribution in [0.15, 0.2) is 24.3 Å². The van der Waals surface area contributed by atoms with E-state index in [1.807, 2.05) is 31.2 Å². The van der Waals surface area contributed by atoms with Crippen molar-refractivity contribution in [3.63, 3.8) is 0 Å². The lowest BCUT2D eigenvalue weighted by Crippen LogP contribution is -2.06.